The second-order valence-corrected chi connectivity index (χ2v) is 7.07. The zero-order valence-electron chi connectivity index (χ0n) is 17.2. The summed E-state index contributed by atoms with van der Waals surface area (Å²) in [5.74, 6) is 0.651. The van der Waals surface area contributed by atoms with E-state index in [4.69, 9.17) is 14.2 Å². The molecule has 0 fully saturated rings. The number of nitrogens with one attached hydrogen (secondary N) is 1. The first-order valence-corrected chi connectivity index (χ1v) is 10.1. The first-order valence-electron chi connectivity index (χ1n) is 9.21. The number of anilines is 1. The van der Waals surface area contributed by atoms with E-state index in [0.29, 0.717) is 27.9 Å². The number of benzene rings is 2. The van der Waals surface area contributed by atoms with Crippen molar-refractivity contribution >= 4 is 28.5 Å². The van der Waals surface area contributed by atoms with Gasteiger partial charge in [0.2, 0.25) is 5.91 Å². The largest absolute Gasteiger partial charge is 0.494 e. The second kappa shape index (κ2) is 10.4. The van der Waals surface area contributed by atoms with Gasteiger partial charge in [-0.05, 0) is 35.9 Å². The molecule has 31 heavy (non-hydrogen) atoms. The standard InChI is InChI=1S/C23H21FN2O4S/c1-28-19-11-9-16(13-17(19)24)18-14-31-23(25-18)26-22(27)7-5-4-6-15-8-10-20(29-2)21(12-15)30-3/h4-14H,1-3H3,(H,25,26,27)/b6-4+,7-5+. The maximum absolute atomic E-state index is 13.9. The zero-order valence-corrected chi connectivity index (χ0v) is 18.0. The summed E-state index contributed by atoms with van der Waals surface area (Å²) in [6.45, 7) is 0. The number of aromatic nitrogens is 1. The molecule has 0 spiro atoms. The Morgan fingerprint density at radius 1 is 1.00 bits per heavy atom. The van der Waals surface area contributed by atoms with Crippen molar-refractivity contribution in [1.29, 1.82) is 0 Å². The van der Waals surface area contributed by atoms with Crippen LogP contribution in [0.15, 0.2) is 60.0 Å². The Morgan fingerprint density at radius 2 is 1.74 bits per heavy atom. The minimum atomic E-state index is -0.470. The molecule has 0 saturated carbocycles. The number of amides is 1. The third kappa shape index (κ3) is 5.70. The Labute approximate surface area is 183 Å². The molecule has 0 bridgehead atoms. The van der Waals surface area contributed by atoms with Crippen molar-refractivity contribution in [1.82, 2.24) is 4.98 Å². The number of ether oxygens (including phenoxy) is 3. The van der Waals surface area contributed by atoms with Crippen molar-refractivity contribution in [2.24, 2.45) is 0 Å². The fraction of sp³-hybridized carbons (Fsp3) is 0.130. The number of hydrogen-bond acceptors (Lipinski definition) is 6. The zero-order chi connectivity index (χ0) is 22.2. The molecule has 1 aromatic heterocycles. The van der Waals surface area contributed by atoms with Gasteiger partial charge >= 0.3 is 0 Å². The van der Waals surface area contributed by atoms with Crippen LogP contribution in [0.2, 0.25) is 0 Å². The first kappa shape index (κ1) is 22.0. The highest BCUT2D eigenvalue weighted by Crippen LogP contribution is 2.29. The molecule has 3 rings (SSSR count). The Kier molecular flexibility index (Phi) is 7.40. The predicted molar refractivity (Wildman–Crippen MR) is 120 cm³/mol. The molecule has 160 valence electrons. The molecule has 0 aliphatic carbocycles. The van der Waals surface area contributed by atoms with Gasteiger partial charge in [0.05, 0.1) is 27.0 Å². The highest BCUT2D eigenvalue weighted by Gasteiger charge is 2.09. The summed E-state index contributed by atoms with van der Waals surface area (Å²) in [6.07, 6.45) is 6.60. The van der Waals surface area contributed by atoms with E-state index < -0.39 is 5.82 Å². The van der Waals surface area contributed by atoms with Gasteiger partial charge in [-0.3, -0.25) is 10.1 Å². The van der Waals surface area contributed by atoms with Gasteiger partial charge in [0.1, 0.15) is 0 Å². The van der Waals surface area contributed by atoms with Crippen LogP contribution in [0.5, 0.6) is 17.2 Å². The van der Waals surface area contributed by atoms with Crippen molar-refractivity contribution in [2.75, 3.05) is 26.6 Å². The molecular formula is C23H21FN2O4S. The number of methoxy groups -OCH3 is 3. The molecule has 1 N–H and O–H groups in total. The molecule has 6 nitrogen and oxygen atoms in total. The van der Waals surface area contributed by atoms with Gasteiger partial charge in [-0.1, -0.05) is 24.3 Å². The van der Waals surface area contributed by atoms with E-state index in [-0.39, 0.29) is 11.7 Å². The average molecular weight is 440 g/mol. The Hall–Kier alpha value is -3.65. The quantitative estimate of drug-likeness (QED) is 0.386. The van der Waals surface area contributed by atoms with Crippen LogP contribution < -0.4 is 19.5 Å². The number of thiazole rings is 1. The van der Waals surface area contributed by atoms with Crippen molar-refractivity contribution in [3.05, 3.63) is 71.4 Å². The van der Waals surface area contributed by atoms with Crippen LogP contribution in [0.1, 0.15) is 5.56 Å². The summed E-state index contributed by atoms with van der Waals surface area (Å²) in [5.41, 5.74) is 2.07. The SMILES string of the molecule is COc1ccc(-c2csc(NC(=O)/C=C/C=C/c3ccc(OC)c(OC)c3)n2)cc1F. The van der Waals surface area contributed by atoms with E-state index in [0.717, 1.165) is 5.56 Å². The number of halogens is 1. The number of carbonyl (C=O) groups excluding carboxylic acids is 1. The van der Waals surface area contributed by atoms with Crippen molar-refractivity contribution in [3.8, 4) is 28.5 Å². The van der Waals surface area contributed by atoms with Gasteiger partial charge in [-0.25, -0.2) is 9.37 Å². The number of hydrogen-bond donors (Lipinski definition) is 1. The van der Waals surface area contributed by atoms with Crippen LogP contribution in [-0.2, 0) is 4.79 Å². The van der Waals surface area contributed by atoms with E-state index in [1.54, 1.807) is 37.8 Å². The average Bonchev–Trinajstić information content (AvgIpc) is 3.24. The lowest BCUT2D eigenvalue weighted by molar-refractivity contribution is -0.111. The van der Waals surface area contributed by atoms with Crippen molar-refractivity contribution in [2.45, 2.75) is 0 Å². The lowest BCUT2D eigenvalue weighted by atomic mass is 10.1. The maximum atomic E-state index is 13.9. The van der Waals surface area contributed by atoms with Crippen LogP contribution >= 0.6 is 11.3 Å². The van der Waals surface area contributed by atoms with E-state index in [1.165, 1.54) is 36.7 Å². The lowest BCUT2D eigenvalue weighted by Gasteiger charge is -2.07. The number of rotatable bonds is 8. The summed E-state index contributed by atoms with van der Waals surface area (Å²) in [4.78, 5) is 16.4. The van der Waals surface area contributed by atoms with Crippen LogP contribution in [0.4, 0.5) is 9.52 Å². The number of allylic oxidation sites excluding steroid dienone is 2. The van der Waals surface area contributed by atoms with Crippen molar-refractivity contribution in [3.63, 3.8) is 0 Å². The lowest BCUT2D eigenvalue weighted by Crippen LogP contribution is -2.07. The minimum Gasteiger partial charge on any atom is -0.494 e. The fourth-order valence-corrected chi connectivity index (χ4v) is 3.43. The molecule has 2 aromatic carbocycles. The molecule has 0 saturated heterocycles. The molecular weight excluding hydrogens is 419 g/mol. The molecule has 1 heterocycles. The van der Waals surface area contributed by atoms with Crippen LogP contribution in [-0.4, -0.2) is 32.2 Å². The molecule has 1 amide bonds. The molecule has 0 aliphatic heterocycles. The summed E-state index contributed by atoms with van der Waals surface area (Å²) in [6, 6.07) is 10.1. The normalized spacial score (nSPS) is 11.1. The molecule has 8 heteroatoms. The van der Waals surface area contributed by atoms with Gasteiger partial charge in [0.15, 0.2) is 28.2 Å². The van der Waals surface area contributed by atoms with Crippen LogP contribution in [0, 0.1) is 5.82 Å². The summed E-state index contributed by atoms with van der Waals surface area (Å²) < 4.78 is 29.3. The van der Waals surface area contributed by atoms with E-state index >= 15 is 0 Å². The van der Waals surface area contributed by atoms with Gasteiger partial charge in [0, 0.05) is 17.0 Å². The Balaban J connectivity index is 1.59. The first-order chi connectivity index (χ1) is 15.0. The minimum absolute atomic E-state index is 0.166. The summed E-state index contributed by atoms with van der Waals surface area (Å²) in [5, 5.41) is 4.86. The van der Waals surface area contributed by atoms with Gasteiger partial charge in [0.25, 0.3) is 0 Å². The molecule has 0 atom stereocenters. The third-order valence-electron chi connectivity index (χ3n) is 4.24. The molecule has 0 radical (unpaired) electrons. The van der Waals surface area contributed by atoms with Crippen LogP contribution in [0.25, 0.3) is 17.3 Å². The smallest absolute Gasteiger partial charge is 0.250 e. The van der Waals surface area contributed by atoms with Crippen LogP contribution in [0.3, 0.4) is 0 Å². The second-order valence-electron chi connectivity index (χ2n) is 6.21. The van der Waals surface area contributed by atoms with Gasteiger partial charge in [-0.2, -0.15) is 0 Å². The highest BCUT2D eigenvalue weighted by atomic mass is 32.1. The predicted octanol–water partition coefficient (Wildman–Crippen LogP) is 5.18. The maximum Gasteiger partial charge on any atom is 0.250 e. The number of nitrogens with zero attached hydrogens (tertiary/aromatic N) is 1. The topological polar surface area (TPSA) is 69.7 Å². The summed E-state index contributed by atoms with van der Waals surface area (Å²) in [7, 11) is 4.56. The monoisotopic (exact) mass is 440 g/mol. The number of carbonyl (C=O) groups is 1. The fourth-order valence-electron chi connectivity index (χ4n) is 2.70. The van der Waals surface area contributed by atoms with E-state index in [1.807, 2.05) is 24.3 Å². The molecule has 3 aromatic rings. The van der Waals surface area contributed by atoms with E-state index in [2.05, 4.69) is 10.3 Å². The Morgan fingerprint density at radius 3 is 2.45 bits per heavy atom. The summed E-state index contributed by atoms with van der Waals surface area (Å²) >= 11 is 1.26. The van der Waals surface area contributed by atoms with Gasteiger partial charge < -0.3 is 14.2 Å². The Bertz CT molecular complexity index is 1120. The van der Waals surface area contributed by atoms with E-state index in [9.17, 15) is 9.18 Å². The molecule has 0 unspecified atom stereocenters. The van der Waals surface area contributed by atoms with Crippen molar-refractivity contribution < 1.29 is 23.4 Å². The highest BCUT2D eigenvalue weighted by molar-refractivity contribution is 7.14. The molecule has 0 aliphatic rings. The van der Waals surface area contributed by atoms with Gasteiger partial charge in [-0.15, -0.1) is 11.3 Å². The third-order valence-corrected chi connectivity index (χ3v) is 4.99.